The second-order valence-corrected chi connectivity index (χ2v) is 14.0. The van der Waals surface area contributed by atoms with Crippen molar-refractivity contribution in [3.63, 3.8) is 0 Å². The molecule has 2 heterocycles. The van der Waals surface area contributed by atoms with Gasteiger partial charge in [-0.1, -0.05) is 133 Å². The minimum atomic E-state index is 0.866. The second kappa shape index (κ2) is 12.2. The number of rotatable bonds is 6. The molecule has 240 valence electrons. The smallest absolute Gasteiger partial charge is 0.159 e. The Labute approximate surface area is 300 Å². The minimum absolute atomic E-state index is 0.866. The van der Waals surface area contributed by atoms with E-state index in [1.54, 1.807) is 0 Å². The first-order valence-electron chi connectivity index (χ1n) is 17.3. The Hall–Kier alpha value is -6.42. The first kappa shape index (κ1) is 29.5. The van der Waals surface area contributed by atoms with Gasteiger partial charge >= 0.3 is 0 Å². The summed E-state index contributed by atoms with van der Waals surface area (Å²) in [5.41, 5.74) is 12.0. The number of nitrogens with zero attached hydrogens (tertiary/aromatic N) is 1. The van der Waals surface area contributed by atoms with E-state index in [-0.39, 0.29) is 0 Å². The van der Waals surface area contributed by atoms with E-state index in [1.807, 2.05) is 17.4 Å². The summed E-state index contributed by atoms with van der Waals surface area (Å²) in [7, 11) is 0. The summed E-state index contributed by atoms with van der Waals surface area (Å²) in [6.07, 6.45) is 0. The molecule has 0 N–H and O–H groups in total. The number of thiophene rings is 1. The molecular weight excluding hydrogens is 639 g/mol. The van der Waals surface area contributed by atoms with Gasteiger partial charge in [0, 0.05) is 42.3 Å². The molecule has 10 rings (SSSR count). The van der Waals surface area contributed by atoms with Crippen LogP contribution in [0.3, 0.4) is 0 Å². The Bertz CT molecular complexity index is 2850. The van der Waals surface area contributed by atoms with Crippen LogP contribution in [-0.2, 0) is 0 Å². The highest BCUT2D eigenvalue weighted by Crippen LogP contribution is 2.46. The number of hydrogen-bond acceptors (Lipinski definition) is 3. The summed E-state index contributed by atoms with van der Waals surface area (Å²) in [5, 5.41) is 4.81. The van der Waals surface area contributed by atoms with E-state index >= 15 is 0 Å². The van der Waals surface area contributed by atoms with Crippen molar-refractivity contribution in [3.8, 4) is 33.4 Å². The SMILES string of the molecule is c1ccc(-c2ccc(N(c3ccc(-c4ccccc4)c(-c4ccc5sc6ccccc6c5c4)c3)c3cccc4c3oc3ccccc34)cc2)cc1. The third-order valence-corrected chi connectivity index (χ3v) is 11.0. The van der Waals surface area contributed by atoms with Crippen LogP contribution in [0, 0.1) is 0 Å². The summed E-state index contributed by atoms with van der Waals surface area (Å²) >= 11 is 1.85. The van der Waals surface area contributed by atoms with Crippen LogP contribution in [0.2, 0.25) is 0 Å². The molecule has 0 atom stereocenters. The van der Waals surface area contributed by atoms with Gasteiger partial charge in [-0.15, -0.1) is 11.3 Å². The van der Waals surface area contributed by atoms with Gasteiger partial charge in [-0.3, -0.25) is 0 Å². The Morgan fingerprint density at radius 3 is 1.82 bits per heavy atom. The molecule has 2 aromatic heterocycles. The van der Waals surface area contributed by atoms with Gasteiger partial charge in [0.1, 0.15) is 5.58 Å². The standard InChI is InChI=1S/C48H31NOS/c1-3-12-32(13-4-1)33-22-25-36(26-23-33)49(44-19-11-18-41-39-16-7-9-20-45(39)50-48(41)44)37-27-28-38(34-14-5-2-6-15-34)42(31-37)35-24-29-47-43(30-35)40-17-8-10-21-46(40)51-47/h1-31H. The molecular formula is C48H31NOS. The molecule has 0 aliphatic heterocycles. The molecule has 51 heavy (non-hydrogen) atoms. The fourth-order valence-corrected chi connectivity index (χ4v) is 8.53. The molecule has 0 aliphatic carbocycles. The van der Waals surface area contributed by atoms with E-state index in [1.165, 1.54) is 53.6 Å². The van der Waals surface area contributed by atoms with Crippen LogP contribution in [0.5, 0.6) is 0 Å². The molecule has 0 fully saturated rings. The van der Waals surface area contributed by atoms with Crippen LogP contribution in [-0.4, -0.2) is 0 Å². The summed E-state index contributed by atoms with van der Waals surface area (Å²) in [6.45, 7) is 0. The zero-order valence-electron chi connectivity index (χ0n) is 27.7. The molecule has 0 amide bonds. The van der Waals surface area contributed by atoms with Gasteiger partial charge in [0.2, 0.25) is 0 Å². The van der Waals surface area contributed by atoms with Crippen LogP contribution in [0.25, 0.3) is 75.5 Å². The summed E-state index contributed by atoms with van der Waals surface area (Å²) in [6, 6.07) is 67.4. The molecule has 10 aromatic rings. The highest BCUT2D eigenvalue weighted by Gasteiger charge is 2.21. The lowest BCUT2D eigenvalue weighted by molar-refractivity contribution is 0.669. The Balaban J connectivity index is 1.21. The van der Waals surface area contributed by atoms with Gasteiger partial charge in [0.25, 0.3) is 0 Å². The van der Waals surface area contributed by atoms with E-state index in [0.717, 1.165) is 39.0 Å². The molecule has 8 aromatic carbocycles. The second-order valence-electron chi connectivity index (χ2n) is 12.9. The molecule has 0 bridgehead atoms. The Morgan fingerprint density at radius 2 is 1.00 bits per heavy atom. The summed E-state index contributed by atoms with van der Waals surface area (Å²) < 4.78 is 9.26. The van der Waals surface area contributed by atoms with Gasteiger partial charge < -0.3 is 9.32 Å². The van der Waals surface area contributed by atoms with Crippen LogP contribution < -0.4 is 4.90 Å². The first-order valence-corrected chi connectivity index (χ1v) is 18.1. The Kier molecular flexibility index (Phi) is 7.04. The predicted octanol–water partition coefficient (Wildman–Crippen LogP) is 14.4. The highest BCUT2D eigenvalue weighted by atomic mass is 32.1. The van der Waals surface area contributed by atoms with Crippen molar-refractivity contribution in [3.05, 3.63) is 188 Å². The lowest BCUT2D eigenvalue weighted by Gasteiger charge is -2.27. The zero-order chi connectivity index (χ0) is 33.7. The normalized spacial score (nSPS) is 11.5. The molecule has 0 spiro atoms. The third-order valence-electron chi connectivity index (χ3n) is 9.89. The lowest BCUT2D eigenvalue weighted by atomic mass is 9.92. The van der Waals surface area contributed by atoms with Crippen molar-refractivity contribution in [1.82, 2.24) is 0 Å². The molecule has 2 nitrogen and oxygen atoms in total. The first-order chi connectivity index (χ1) is 25.3. The topological polar surface area (TPSA) is 16.4 Å². The van der Waals surface area contributed by atoms with Crippen LogP contribution in [0.1, 0.15) is 0 Å². The van der Waals surface area contributed by atoms with Crippen molar-refractivity contribution >= 4 is 70.5 Å². The predicted molar refractivity (Wildman–Crippen MR) is 218 cm³/mol. The van der Waals surface area contributed by atoms with Crippen molar-refractivity contribution in [2.75, 3.05) is 4.90 Å². The molecule has 0 unspecified atom stereocenters. The van der Waals surface area contributed by atoms with E-state index < -0.39 is 0 Å². The number of anilines is 3. The molecule has 0 aliphatic rings. The van der Waals surface area contributed by atoms with Crippen LogP contribution >= 0.6 is 11.3 Å². The maximum atomic E-state index is 6.65. The number of hydrogen-bond donors (Lipinski definition) is 0. The van der Waals surface area contributed by atoms with E-state index in [9.17, 15) is 0 Å². The van der Waals surface area contributed by atoms with Crippen molar-refractivity contribution < 1.29 is 4.42 Å². The van der Waals surface area contributed by atoms with E-state index in [0.29, 0.717) is 0 Å². The molecule has 0 radical (unpaired) electrons. The fraction of sp³-hybridized carbons (Fsp3) is 0. The fourth-order valence-electron chi connectivity index (χ4n) is 7.44. The number of furan rings is 1. The van der Waals surface area contributed by atoms with Gasteiger partial charge in [-0.25, -0.2) is 0 Å². The van der Waals surface area contributed by atoms with Gasteiger partial charge in [-0.2, -0.15) is 0 Å². The molecule has 0 saturated heterocycles. The average Bonchev–Trinajstić information content (AvgIpc) is 3.78. The van der Waals surface area contributed by atoms with Gasteiger partial charge in [0.05, 0.1) is 5.69 Å². The van der Waals surface area contributed by atoms with E-state index in [2.05, 4.69) is 187 Å². The average molecular weight is 670 g/mol. The highest BCUT2D eigenvalue weighted by molar-refractivity contribution is 7.25. The third kappa shape index (κ3) is 5.10. The number of benzene rings is 8. The Morgan fingerprint density at radius 1 is 0.373 bits per heavy atom. The zero-order valence-corrected chi connectivity index (χ0v) is 28.5. The maximum absolute atomic E-state index is 6.65. The van der Waals surface area contributed by atoms with Crippen molar-refractivity contribution in [2.24, 2.45) is 0 Å². The monoisotopic (exact) mass is 669 g/mol. The van der Waals surface area contributed by atoms with Crippen molar-refractivity contribution in [2.45, 2.75) is 0 Å². The van der Waals surface area contributed by atoms with Crippen molar-refractivity contribution in [1.29, 1.82) is 0 Å². The number of fused-ring (bicyclic) bond motifs is 6. The largest absolute Gasteiger partial charge is 0.454 e. The summed E-state index contributed by atoms with van der Waals surface area (Å²) in [4.78, 5) is 2.34. The van der Waals surface area contributed by atoms with E-state index in [4.69, 9.17) is 4.42 Å². The summed E-state index contributed by atoms with van der Waals surface area (Å²) in [5.74, 6) is 0. The van der Waals surface area contributed by atoms with Crippen LogP contribution in [0.15, 0.2) is 192 Å². The van der Waals surface area contributed by atoms with Gasteiger partial charge in [0.15, 0.2) is 5.58 Å². The molecule has 3 heteroatoms. The van der Waals surface area contributed by atoms with Crippen LogP contribution in [0.4, 0.5) is 17.1 Å². The maximum Gasteiger partial charge on any atom is 0.159 e. The lowest BCUT2D eigenvalue weighted by Crippen LogP contribution is -2.10. The quantitative estimate of drug-likeness (QED) is 0.175. The molecule has 0 saturated carbocycles. The van der Waals surface area contributed by atoms with Gasteiger partial charge in [-0.05, 0) is 88.0 Å². The minimum Gasteiger partial charge on any atom is -0.454 e. The number of para-hydroxylation sites is 2.